The lowest BCUT2D eigenvalue weighted by atomic mass is 10.1. The average Bonchev–Trinajstić information content (AvgIpc) is 3.27. The predicted octanol–water partition coefficient (Wildman–Crippen LogP) is 4.48. The highest BCUT2D eigenvalue weighted by Crippen LogP contribution is 2.25. The van der Waals surface area contributed by atoms with Gasteiger partial charge < -0.3 is 9.26 Å². The summed E-state index contributed by atoms with van der Waals surface area (Å²) in [5, 5.41) is 6.78. The highest BCUT2D eigenvalue weighted by molar-refractivity contribution is 7.17. The monoisotopic (exact) mass is 399 g/mol. The van der Waals surface area contributed by atoms with E-state index in [0.717, 1.165) is 22.5 Å². The Hall–Kier alpha value is -3.00. The van der Waals surface area contributed by atoms with E-state index < -0.39 is 11.9 Å². The van der Waals surface area contributed by atoms with Gasteiger partial charge in [-0.15, -0.1) is 0 Å². The second-order valence-corrected chi connectivity index (χ2v) is 7.82. The quantitative estimate of drug-likeness (QED) is 0.614. The Labute approximate surface area is 166 Å². The Morgan fingerprint density at radius 3 is 2.61 bits per heavy atom. The van der Waals surface area contributed by atoms with Crippen molar-refractivity contribution in [3.63, 3.8) is 0 Å². The van der Waals surface area contributed by atoms with Gasteiger partial charge in [0.1, 0.15) is 4.88 Å². The summed E-state index contributed by atoms with van der Waals surface area (Å²) in [7, 11) is 0. The van der Waals surface area contributed by atoms with Crippen LogP contribution in [0.1, 0.15) is 45.3 Å². The number of ether oxygens (including phenoxy) is 1. The van der Waals surface area contributed by atoms with Crippen LogP contribution in [-0.2, 0) is 4.74 Å². The van der Waals surface area contributed by atoms with Crippen molar-refractivity contribution >= 4 is 28.3 Å². The molecule has 1 amide bonds. The number of amides is 1. The third-order valence-corrected chi connectivity index (χ3v) is 4.88. The molecule has 0 saturated carbocycles. The summed E-state index contributed by atoms with van der Waals surface area (Å²) in [5.74, 6) is -0.157. The molecule has 0 unspecified atom stereocenters. The standard InChI is InChI=1S/C20H21N3O4S/c1-11(2)10-26-19(25)17-13(4)21-20(28-17)22-18(24)15-9-16(27-23-15)14-7-5-12(3)6-8-14/h5-9,11H,10H2,1-4H3,(H,21,22,24). The molecule has 1 aromatic carbocycles. The molecule has 0 aliphatic rings. The lowest BCUT2D eigenvalue weighted by Crippen LogP contribution is -2.11. The van der Waals surface area contributed by atoms with E-state index in [9.17, 15) is 9.59 Å². The van der Waals surface area contributed by atoms with Crippen LogP contribution in [0.15, 0.2) is 34.9 Å². The summed E-state index contributed by atoms with van der Waals surface area (Å²) >= 11 is 1.07. The van der Waals surface area contributed by atoms with E-state index >= 15 is 0 Å². The van der Waals surface area contributed by atoms with Crippen molar-refractivity contribution in [1.29, 1.82) is 0 Å². The summed E-state index contributed by atoms with van der Waals surface area (Å²) in [4.78, 5) is 29.2. The van der Waals surface area contributed by atoms with E-state index in [1.807, 2.05) is 45.0 Å². The molecule has 0 spiro atoms. The number of carbonyl (C=O) groups is 2. The van der Waals surface area contributed by atoms with Crippen LogP contribution in [0.2, 0.25) is 0 Å². The van der Waals surface area contributed by atoms with Crippen molar-refractivity contribution in [3.05, 3.63) is 52.2 Å². The maximum Gasteiger partial charge on any atom is 0.350 e. The van der Waals surface area contributed by atoms with Crippen LogP contribution < -0.4 is 5.32 Å². The minimum absolute atomic E-state index is 0.132. The molecule has 0 aliphatic carbocycles. The number of aryl methyl sites for hydroxylation is 2. The number of benzene rings is 1. The minimum Gasteiger partial charge on any atom is -0.461 e. The first kappa shape index (κ1) is 19.8. The molecule has 2 heterocycles. The lowest BCUT2D eigenvalue weighted by molar-refractivity contribution is 0.0463. The van der Waals surface area contributed by atoms with E-state index in [1.54, 1.807) is 13.0 Å². The number of carbonyl (C=O) groups excluding carboxylic acids is 2. The van der Waals surface area contributed by atoms with Gasteiger partial charge in [-0.2, -0.15) is 0 Å². The third-order valence-electron chi connectivity index (χ3n) is 3.83. The fourth-order valence-corrected chi connectivity index (χ4v) is 3.20. The van der Waals surface area contributed by atoms with Crippen LogP contribution in [0.25, 0.3) is 11.3 Å². The molecule has 1 N–H and O–H groups in total. The van der Waals surface area contributed by atoms with E-state index in [-0.39, 0.29) is 11.6 Å². The largest absolute Gasteiger partial charge is 0.461 e. The zero-order valence-electron chi connectivity index (χ0n) is 16.1. The van der Waals surface area contributed by atoms with Gasteiger partial charge in [-0.1, -0.05) is 60.2 Å². The maximum atomic E-state index is 12.4. The predicted molar refractivity (Wildman–Crippen MR) is 107 cm³/mol. The summed E-state index contributed by atoms with van der Waals surface area (Å²) in [5.41, 5.74) is 2.60. The Kier molecular flexibility index (Phi) is 5.89. The molecule has 0 fully saturated rings. The van der Waals surface area contributed by atoms with Gasteiger partial charge in [0.05, 0.1) is 12.3 Å². The van der Waals surface area contributed by atoms with Crippen molar-refractivity contribution in [2.24, 2.45) is 5.92 Å². The first-order valence-corrected chi connectivity index (χ1v) is 9.64. The summed E-state index contributed by atoms with van der Waals surface area (Å²) in [6, 6.07) is 9.28. The second-order valence-electron chi connectivity index (χ2n) is 6.82. The number of rotatable bonds is 6. The molecule has 3 rings (SSSR count). The molecule has 7 nitrogen and oxygen atoms in total. The van der Waals surface area contributed by atoms with Crippen molar-refractivity contribution in [2.45, 2.75) is 27.7 Å². The van der Waals surface area contributed by atoms with Crippen LogP contribution in [0, 0.1) is 19.8 Å². The number of nitrogens with one attached hydrogen (secondary N) is 1. The van der Waals surface area contributed by atoms with Gasteiger partial charge in [0, 0.05) is 11.6 Å². The molecule has 2 aromatic heterocycles. The number of thiazole rings is 1. The number of anilines is 1. The number of nitrogens with zero attached hydrogens (tertiary/aromatic N) is 2. The van der Waals surface area contributed by atoms with Gasteiger partial charge in [0.25, 0.3) is 5.91 Å². The van der Waals surface area contributed by atoms with Gasteiger partial charge >= 0.3 is 5.97 Å². The molecule has 0 saturated heterocycles. The van der Waals surface area contributed by atoms with Gasteiger partial charge in [-0.25, -0.2) is 9.78 Å². The molecule has 3 aromatic rings. The zero-order chi connectivity index (χ0) is 20.3. The number of aromatic nitrogens is 2. The van der Waals surface area contributed by atoms with E-state index in [1.165, 1.54) is 0 Å². The average molecular weight is 399 g/mol. The Bertz CT molecular complexity index is 989. The van der Waals surface area contributed by atoms with E-state index in [2.05, 4.69) is 15.5 Å². The third kappa shape index (κ3) is 4.64. The zero-order valence-corrected chi connectivity index (χ0v) is 16.9. The van der Waals surface area contributed by atoms with Crippen molar-refractivity contribution in [3.8, 4) is 11.3 Å². The Morgan fingerprint density at radius 2 is 1.93 bits per heavy atom. The number of hydrogen-bond acceptors (Lipinski definition) is 7. The Balaban J connectivity index is 1.69. The van der Waals surface area contributed by atoms with Gasteiger partial charge in [0.15, 0.2) is 16.6 Å². The summed E-state index contributed by atoms with van der Waals surface area (Å²) < 4.78 is 10.5. The van der Waals surface area contributed by atoms with E-state index in [0.29, 0.717) is 28.1 Å². The van der Waals surface area contributed by atoms with Crippen LogP contribution in [0.4, 0.5) is 5.13 Å². The maximum absolute atomic E-state index is 12.4. The van der Waals surface area contributed by atoms with Gasteiger partial charge in [0.2, 0.25) is 0 Å². The topological polar surface area (TPSA) is 94.3 Å². The second kappa shape index (κ2) is 8.35. The van der Waals surface area contributed by atoms with Crippen LogP contribution in [-0.4, -0.2) is 28.6 Å². The van der Waals surface area contributed by atoms with Crippen LogP contribution in [0.3, 0.4) is 0 Å². The van der Waals surface area contributed by atoms with Crippen molar-refractivity contribution < 1.29 is 18.8 Å². The Morgan fingerprint density at radius 1 is 1.21 bits per heavy atom. The summed E-state index contributed by atoms with van der Waals surface area (Å²) in [6.07, 6.45) is 0. The molecule has 146 valence electrons. The van der Waals surface area contributed by atoms with Crippen molar-refractivity contribution in [2.75, 3.05) is 11.9 Å². The molecule has 0 radical (unpaired) electrons. The fourth-order valence-electron chi connectivity index (χ4n) is 2.34. The normalized spacial score (nSPS) is 10.9. The van der Waals surface area contributed by atoms with Crippen LogP contribution >= 0.6 is 11.3 Å². The molecule has 0 bridgehead atoms. The van der Waals surface area contributed by atoms with Gasteiger partial charge in [-0.3, -0.25) is 10.1 Å². The smallest absolute Gasteiger partial charge is 0.350 e. The van der Waals surface area contributed by atoms with Gasteiger partial charge in [-0.05, 0) is 19.8 Å². The SMILES string of the molecule is Cc1ccc(-c2cc(C(=O)Nc3nc(C)c(C(=O)OCC(C)C)s3)no2)cc1. The number of esters is 1. The molecule has 0 aliphatic heterocycles. The van der Waals surface area contributed by atoms with Crippen molar-refractivity contribution in [1.82, 2.24) is 10.1 Å². The number of hydrogen-bond donors (Lipinski definition) is 1. The van der Waals surface area contributed by atoms with E-state index in [4.69, 9.17) is 9.26 Å². The molecular weight excluding hydrogens is 378 g/mol. The highest BCUT2D eigenvalue weighted by atomic mass is 32.1. The first-order chi connectivity index (χ1) is 13.3. The molecular formula is C20H21N3O4S. The molecule has 8 heteroatoms. The molecule has 28 heavy (non-hydrogen) atoms. The highest BCUT2D eigenvalue weighted by Gasteiger charge is 2.20. The lowest BCUT2D eigenvalue weighted by Gasteiger charge is -2.05. The summed E-state index contributed by atoms with van der Waals surface area (Å²) in [6.45, 7) is 7.94. The van der Waals surface area contributed by atoms with Crippen LogP contribution in [0.5, 0.6) is 0 Å². The first-order valence-electron chi connectivity index (χ1n) is 8.83. The molecule has 0 atom stereocenters. The minimum atomic E-state index is -0.460. The fraction of sp³-hybridized carbons (Fsp3) is 0.300.